The number of thiocarbonyl (C=S) groups is 1. The number of benzene rings is 2. The van der Waals surface area contributed by atoms with Crippen LogP contribution in [0.15, 0.2) is 59.5 Å². The average Bonchev–Trinajstić information content (AvgIpc) is 2.52. The molecule has 1 aliphatic heterocycles. The van der Waals surface area contributed by atoms with Crippen LogP contribution in [0, 0.1) is 0 Å². The molecule has 5 heteroatoms. The summed E-state index contributed by atoms with van der Waals surface area (Å²) < 4.78 is 0. The van der Waals surface area contributed by atoms with Gasteiger partial charge in [0.1, 0.15) is 6.54 Å². The van der Waals surface area contributed by atoms with Crippen molar-refractivity contribution in [2.75, 3.05) is 11.4 Å². The summed E-state index contributed by atoms with van der Waals surface area (Å²) in [6.07, 6.45) is 0.800. The molecule has 1 N–H and O–H groups in total. The Kier molecular flexibility index (Phi) is 4.45. The van der Waals surface area contributed by atoms with Gasteiger partial charge in [0.2, 0.25) is 0 Å². The second-order valence-electron chi connectivity index (χ2n) is 5.08. The first kappa shape index (κ1) is 15.1. The summed E-state index contributed by atoms with van der Waals surface area (Å²) in [5.41, 5.74) is 2.10. The molecule has 0 aliphatic carbocycles. The van der Waals surface area contributed by atoms with Crippen molar-refractivity contribution in [2.24, 2.45) is 0 Å². The third kappa shape index (κ3) is 3.15. The van der Waals surface area contributed by atoms with Crippen molar-refractivity contribution in [3.05, 3.63) is 60.2 Å². The highest BCUT2D eigenvalue weighted by atomic mass is 32.2. The highest BCUT2D eigenvalue weighted by molar-refractivity contribution is 8.02. The molecule has 0 saturated heterocycles. The lowest BCUT2D eigenvalue weighted by Crippen LogP contribution is -2.43. The monoisotopic (exact) mass is 329 g/mol. The van der Waals surface area contributed by atoms with Gasteiger partial charge in [-0.05, 0) is 24.1 Å². The number of carbonyl (C=O) groups is 1. The fourth-order valence-electron chi connectivity index (χ4n) is 2.53. The van der Waals surface area contributed by atoms with Gasteiger partial charge >= 0.3 is 5.97 Å². The highest BCUT2D eigenvalue weighted by Crippen LogP contribution is 2.40. The summed E-state index contributed by atoms with van der Waals surface area (Å²) in [4.78, 5) is 14.7. The summed E-state index contributed by atoms with van der Waals surface area (Å²) in [5.74, 6) is -0.873. The molecule has 1 atom stereocenters. The van der Waals surface area contributed by atoms with E-state index in [1.54, 1.807) is 16.7 Å². The quantitative estimate of drug-likeness (QED) is 0.868. The fraction of sp³-hybridized carbons (Fsp3) is 0.176. The molecule has 0 aromatic heterocycles. The molecule has 1 heterocycles. The maximum atomic E-state index is 11.2. The Morgan fingerprint density at radius 2 is 1.82 bits per heavy atom. The molecule has 112 valence electrons. The van der Waals surface area contributed by atoms with Crippen molar-refractivity contribution in [1.29, 1.82) is 0 Å². The van der Waals surface area contributed by atoms with E-state index in [1.807, 2.05) is 42.5 Å². The number of aliphatic carboxylic acids is 1. The van der Waals surface area contributed by atoms with Gasteiger partial charge in [-0.3, -0.25) is 4.79 Å². The van der Waals surface area contributed by atoms with Crippen LogP contribution in [0.1, 0.15) is 5.56 Å². The zero-order valence-corrected chi connectivity index (χ0v) is 13.4. The molecule has 3 nitrogen and oxygen atoms in total. The van der Waals surface area contributed by atoms with Gasteiger partial charge in [0, 0.05) is 4.90 Å². The zero-order valence-electron chi connectivity index (χ0n) is 11.8. The Bertz CT molecular complexity index is 703. The van der Waals surface area contributed by atoms with Crippen LogP contribution in [0.2, 0.25) is 0 Å². The Morgan fingerprint density at radius 3 is 2.55 bits per heavy atom. The van der Waals surface area contributed by atoms with Crippen LogP contribution in [0.3, 0.4) is 0 Å². The van der Waals surface area contributed by atoms with Gasteiger partial charge in [-0.25, -0.2) is 0 Å². The molecular formula is C17H15NO2S2. The molecule has 1 unspecified atom stereocenters. The first-order valence-corrected chi connectivity index (χ1v) is 8.27. The number of rotatable bonds is 4. The van der Waals surface area contributed by atoms with Gasteiger partial charge in [-0.1, -0.05) is 54.7 Å². The van der Waals surface area contributed by atoms with E-state index in [0.717, 1.165) is 17.0 Å². The van der Waals surface area contributed by atoms with E-state index in [1.165, 1.54) is 5.56 Å². The molecule has 1 aliphatic rings. The average molecular weight is 329 g/mol. The van der Waals surface area contributed by atoms with Gasteiger partial charge in [-0.2, -0.15) is 0 Å². The molecule has 0 radical (unpaired) electrons. The first-order valence-electron chi connectivity index (χ1n) is 6.98. The molecule has 0 bridgehead atoms. The Labute approximate surface area is 139 Å². The van der Waals surface area contributed by atoms with Crippen molar-refractivity contribution in [3.8, 4) is 0 Å². The van der Waals surface area contributed by atoms with Gasteiger partial charge in [0.25, 0.3) is 0 Å². The standard InChI is InChI=1S/C17H15NO2S2/c19-16(20)11-18-13-8-4-5-9-14(13)22-15(17(18)21)10-12-6-2-1-3-7-12/h1-9,15H,10-11H2,(H,19,20). The molecular weight excluding hydrogens is 314 g/mol. The number of fused-ring (bicyclic) bond motifs is 1. The molecule has 22 heavy (non-hydrogen) atoms. The van der Waals surface area contributed by atoms with Crippen LogP contribution in [0.25, 0.3) is 0 Å². The number of anilines is 1. The minimum absolute atomic E-state index is 0.0756. The maximum Gasteiger partial charge on any atom is 0.323 e. The van der Waals surface area contributed by atoms with Crippen molar-refractivity contribution in [1.82, 2.24) is 0 Å². The van der Waals surface area contributed by atoms with Gasteiger partial charge in [0.15, 0.2) is 0 Å². The van der Waals surface area contributed by atoms with E-state index in [9.17, 15) is 9.90 Å². The van der Waals surface area contributed by atoms with Crippen LogP contribution in [0.5, 0.6) is 0 Å². The lowest BCUT2D eigenvalue weighted by atomic mass is 10.1. The number of hydrogen-bond acceptors (Lipinski definition) is 3. The zero-order chi connectivity index (χ0) is 15.5. The van der Waals surface area contributed by atoms with Crippen LogP contribution in [-0.4, -0.2) is 27.9 Å². The van der Waals surface area contributed by atoms with Gasteiger partial charge in [-0.15, -0.1) is 11.8 Å². The molecule has 2 aromatic carbocycles. The normalized spacial score (nSPS) is 17.2. The summed E-state index contributed by atoms with van der Waals surface area (Å²) in [7, 11) is 0. The Morgan fingerprint density at radius 1 is 1.14 bits per heavy atom. The molecule has 0 spiro atoms. The van der Waals surface area contributed by atoms with Crippen molar-refractivity contribution in [2.45, 2.75) is 16.6 Å². The van der Waals surface area contributed by atoms with E-state index >= 15 is 0 Å². The molecule has 3 rings (SSSR count). The minimum atomic E-state index is -0.873. The maximum absolute atomic E-state index is 11.2. The number of carboxylic acid groups (broad SMARTS) is 1. The largest absolute Gasteiger partial charge is 0.480 e. The van der Waals surface area contributed by atoms with E-state index < -0.39 is 5.97 Å². The lowest BCUT2D eigenvalue weighted by molar-refractivity contribution is -0.135. The first-order chi connectivity index (χ1) is 10.6. The number of para-hydroxylation sites is 1. The van der Waals surface area contributed by atoms with Crippen LogP contribution in [0.4, 0.5) is 5.69 Å². The van der Waals surface area contributed by atoms with E-state index in [2.05, 4.69) is 12.1 Å². The predicted molar refractivity (Wildman–Crippen MR) is 93.8 cm³/mol. The van der Waals surface area contributed by atoms with E-state index in [4.69, 9.17) is 12.2 Å². The van der Waals surface area contributed by atoms with Crippen molar-refractivity contribution >= 4 is 40.6 Å². The lowest BCUT2D eigenvalue weighted by Gasteiger charge is -2.35. The molecule has 0 fully saturated rings. The second kappa shape index (κ2) is 6.50. The third-order valence-corrected chi connectivity index (χ3v) is 5.45. The predicted octanol–water partition coefficient (Wildman–Crippen LogP) is 3.62. The Hall–Kier alpha value is -1.85. The molecule has 0 amide bonds. The smallest absolute Gasteiger partial charge is 0.323 e. The van der Waals surface area contributed by atoms with E-state index in [-0.39, 0.29) is 11.8 Å². The summed E-state index contributed by atoms with van der Waals surface area (Å²) in [6.45, 7) is -0.0955. The van der Waals surface area contributed by atoms with Crippen LogP contribution >= 0.6 is 24.0 Å². The summed E-state index contributed by atoms with van der Waals surface area (Å²) in [6, 6.07) is 18.0. The third-order valence-electron chi connectivity index (χ3n) is 3.52. The van der Waals surface area contributed by atoms with Gasteiger partial charge in [0.05, 0.1) is 15.9 Å². The van der Waals surface area contributed by atoms with Crippen LogP contribution < -0.4 is 4.90 Å². The molecule has 2 aromatic rings. The fourth-order valence-corrected chi connectivity index (χ4v) is 4.19. The second-order valence-corrected chi connectivity index (χ2v) is 6.74. The SMILES string of the molecule is O=C(O)CN1C(=S)C(Cc2ccccc2)Sc2ccccc21. The minimum Gasteiger partial charge on any atom is -0.480 e. The van der Waals surface area contributed by atoms with Crippen LogP contribution in [-0.2, 0) is 11.2 Å². The van der Waals surface area contributed by atoms with E-state index in [0.29, 0.717) is 4.99 Å². The number of thioether (sulfide) groups is 1. The van der Waals surface area contributed by atoms with Crippen molar-refractivity contribution < 1.29 is 9.90 Å². The number of nitrogens with zero attached hydrogens (tertiary/aromatic N) is 1. The molecule has 0 saturated carbocycles. The summed E-state index contributed by atoms with van der Waals surface area (Å²) in [5, 5.41) is 9.25. The van der Waals surface area contributed by atoms with Crippen molar-refractivity contribution in [3.63, 3.8) is 0 Å². The number of carboxylic acids is 1. The Balaban J connectivity index is 1.91. The number of hydrogen-bond donors (Lipinski definition) is 1. The topological polar surface area (TPSA) is 40.5 Å². The highest BCUT2D eigenvalue weighted by Gasteiger charge is 2.31. The summed E-state index contributed by atoms with van der Waals surface area (Å²) >= 11 is 7.30. The van der Waals surface area contributed by atoms with Gasteiger partial charge < -0.3 is 10.0 Å².